The maximum Gasteiger partial charge on any atom is 0.407 e. The van der Waals surface area contributed by atoms with Crippen LogP contribution in [0, 0.1) is 0 Å². The highest BCUT2D eigenvalue weighted by Crippen LogP contribution is 2.42. The minimum absolute atomic E-state index is 0.0510. The molecular weight excluding hydrogens is 818 g/mol. The fourth-order valence-corrected chi connectivity index (χ4v) is 9.44. The molecule has 6 rings (SSSR count). The summed E-state index contributed by atoms with van der Waals surface area (Å²) in [4.78, 5) is 13.3. The number of methoxy groups -OCH3 is 3. The van der Waals surface area contributed by atoms with Gasteiger partial charge in [-0.15, -0.1) is 5.10 Å². The molecule has 60 heavy (non-hydrogen) atoms. The van der Waals surface area contributed by atoms with Gasteiger partial charge in [0.15, 0.2) is 16.9 Å². The van der Waals surface area contributed by atoms with E-state index in [1.165, 1.54) is 35.3 Å². The van der Waals surface area contributed by atoms with Crippen molar-refractivity contribution < 1.29 is 45.3 Å². The zero-order valence-electron chi connectivity index (χ0n) is 34.1. The number of sulfonamides is 1. The number of hydrogen-bond donors (Lipinski definition) is 2. The van der Waals surface area contributed by atoms with Crippen molar-refractivity contribution >= 4 is 32.9 Å². The van der Waals surface area contributed by atoms with E-state index in [-0.39, 0.29) is 56.2 Å². The molecule has 0 spiro atoms. The predicted octanol–water partition coefficient (Wildman–Crippen LogP) is 5.83. The molecule has 0 bridgehead atoms. The van der Waals surface area contributed by atoms with Crippen LogP contribution in [0.3, 0.4) is 0 Å². The minimum atomic E-state index is -4.78. The molecule has 16 nitrogen and oxygen atoms in total. The average molecular weight is 866 g/mol. The number of amides is 1. The number of benzene rings is 4. The molecule has 0 radical (unpaired) electrons. The number of piperidine rings is 1. The third-order valence-corrected chi connectivity index (χ3v) is 12.5. The highest BCUT2D eigenvalue weighted by atomic mass is 32.2. The quantitative estimate of drug-likeness (QED) is 0.120. The summed E-state index contributed by atoms with van der Waals surface area (Å²) < 4.78 is 95.2. The van der Waals surface area contributed by atoms with E-state index in [1.54, 1.807) is 106 Å². The number of nitrogens with one attached hydrogen (secondary N) is 1. The number of alkyl halides is 1. The summed E-state index contributed by atoms with van der Waals surface area (Å²) in [5.41, 5.74) is 1.22. The van der Waals surface area contributed by atoms with Crippen molar-refractivity contribution in [3.63, 3.8) is 0 Å². The molecule has 2 N–H and O–H groups in total. The molecule has 320 valence electrons. The molecule has 3 atom stereocenters. The summed E-state index contributed by atoms with van der Waals surface area (Å²) >= 11 is -2.85. The monoisotopic (exact) mass is 865 g/mol. The van der Waals surface area contributed by atoms with Crippen LogP contribution in [0.25, 0.3) is 11.4 Å². The van der Waals surface area contributed by atoms with E-state index in [1.807, 2.05) is 0 Å². The van der Waals surface area contributed by atoms with Crippen molar-refractivity contribution in [2.24, 2.45) is 0 Å². The first-order valence-electron chi connectivity index (χ1n) is 18.9. The van der Waals surface area contributed by atoms with Crippen molar-refractivity contribution in [2.45, 2.75) is 74.4 Å². The zero-order chi connectivity index (χ0) is 43.2. The van der Waals surface area contributed by atoms with E-state index < -0.39 is 54.8 Å². The van der Waals surface area contributed by atoms with Crippen LogP contribution in [0.1, 0.15) is 43.9 Å². The molecule has 0 aliphatic carbocycles. The highest BCUT2D eigenvalue weighted by molar-refractivity contribution is 7.90. The summed E-state index contributed by atoms with van der Waals surface area (Å²) in [6.07, 6.45) is -2.27. The Morgan fingerprint density at radius 2 is 1.42 bits per heavy atom. The largest absolute Gasteiger partial charge is 0.497 e. The summed E-state index contributed by atoms with van der Waals surface area (Å²) in [6.45, 7) is 4.72. The number of hydrogen-bond acceptors (Lipinski definition) is 12. The number of nitrogens with zero attached hydrogens (tertiary/aromatic N) is 6. The molecule has 4 aromatic carbocycles. The van der Waals surface area contributed by atoms with Gasteiger partial charge in [-0.25, -0.2) is 26.5 Å². The van der Waals surface area contributed by atoms with Crippen molar-refractivity contribution in [3.8, 4) is 28.6 Å². The molecule has 5 aromatic rings. The topological polar surface area (TPSA) is 188 Å². The Kier molecular flexibility index (Phi) is 13.7. The number of rotatable bonds is 15. The van der Waals surface area contributed by atoms with Gasteiger partial charge in [-0.3, -0.25) is 0 Å². The van der Waals surface area contributed by atoms with Crippen molar-refractivity contribution in [1.82, 2.24) is 29.8 Å². The minimum Gasteiger partial charge on any atom is -0.497 e. The number of anilines is 1. The van der Waals surface area contributed by atoms with Crippen LogP contribution in [0.15, 0.2) is 94.7 Å². The van der Waals surface area contributed by atoms with Gasteiger partial charge in [0.2, 0.25) is 10.0 Å². The molecule has 0 saturated carbocycles. The van der Waals surface area contributed by atoms with E-state index in [9.17, 15) is 13.6 Å². The van der Waals surface area contributed by atoms with Gasteiger partial charge < -0.3 is 33.7 Å². The van der Waals surface area contributed by atoms with Crippen LogP contribution in [0.5, 0.6) is 17.2 Å². The Morgan fingerprint density at radius 3 is 1.90 bits per heavy atom. The summed E-state index contributed by atoms with van der Waals surface area (Å²) in [6, 6.07) is 22.6. The number of halogens is 1. The van der Waals surface area contributed by atoms with Gasteiger partial charge in [-0.1, -0.05) is 36.4 Å². The van der Waals surface area contributed by atoms with E-state index in [0.29, 0.717) is 28.4 Å². The van der Waals surface area contributed by atoms with Gasteiger partial charge in [0, 0.05) is 25.3 Å². The Balaban J connectivity index is 1.51. The lowest BCUT2D eigenvalue weighted by atomic mass is 10.0. The van der Waals surface area contributed by atoms with Gasteiger partial charge in [0.05, 0.1) is 50.9 Å². The van der Waals surface area contributed by atoms with Crippen LogP contribution in [0.2, 0.25) is 0 Å². The maximum atomic E-state index is 16.1. The Hall–Kier alpha value is -5.63. The smallest absolute Gasteiger partial charge is 0.407 e. The van der Waals surface area contributed by atoms with Crippen LogP contribution in [-0.4, -0.2) is 100 Å². The molecule has 1 aliphatic rings. The molecule has 1 unspecified atom stereocenters. The van der Waals surface area contributed by atoms with Gasteiger partial charge >= 0.3 is 6.09 Å². The maximum absolute atomic E-state index is 16.1. The Bertz CT molecular complexity index is 2340. The first-order chi connectivity index (χ1) is 28.6. The fraction of sp³-hybridized carbons (Fsp3) is 0.366. The normalized spacial score (nSPS) is 16.3. The number of ether oxygens (including phenoxy) is 4. The van der Waals surface area contributed by atoms with Gasteiger partial charge in [0.1, 0.15) is 33.9 Å². The van der Waals surface area contributed by atoms with Crippen molar-refractivity contribution in [3.05, 3.63) is 102 Å². The lowest BCUT2D eigenvalue weighted by Crippen LogP contribution is -2.53. The van der Waals surface area contributed by atoms with E-state index in [2.05, 4.69) is 20.8 Å². The van der Waals surface area contributed by atoms with Crippen LogP contribution in [0.4, 0.5) is 14.9 Å². The Morgan fingerprint density at radius 1 is 0.883 bits per heavy atom. The van der Waals surface area contributed by atoms with E-state index >= 15 is 12.8 Å². The first-order valence-corrected chi connectivity index (χ1v) is 21.5. The molecule has 2 heterocycles. The van der Waals surface area contributed by atoms with E-state index in [4.69, 9.17) is 18.9 Å². The zero-order valence-corrected chi connectivity index (χ0v) is 35.7. The summed E-state index contributed by atoms with van der Waals surface area (Å²) in [5, 5.41) is 15.1. The second kappa shape index (κ2) is 18.7. The SMILES string of the molecule is COc1ccc(CN(Cc2ccc(OC)cc2)S(=O)(=O)c2c(S(=O)O)ccc(N3CC[C@@H](NC(=O)OC(C)(C)C)[C@@H](F)C3)c2-c2nnnn2Cc2ccc(OC)cc2)cc1. The summed E-state index contributed by atoms with van der Waals surface area (Å²) in [5.74, 6) is 1.70. The number of carbonyl (C=O) groups excluding carboxylic acids is 1. The standard InChI is InChI=1S/C41H48FN7O9S2/c1-41(2,3)58-40(50)43-34-21-22-47(26-33(34)42)35-19-20-36(59(51)52)38(37(35)39-44-45-46-49(39)25-29-11-17-32(57-6)18-12-29)60(53,54)48(23-27-7-13-30(55-4)14-8-27)24-28-9-15-31(56-5)16-10-28/h7-20,33-34H,21-26H2,1-6H3,(H,43,50)(H,51,52)/t33-,34+/m0/s1. The van der Waals surface area contributed by atoms with Crippen LogP contribution < -0.4 is 24.4 Å². The molecule has 1 aliphatic heterocycles. The lowest BCUT2D eigenvalue weighted by molar-refractivity contribution is 0.0463. The number of aromatic nitrogens is 4. The van der Waals surface area contributed by atoms with Crippen LogP contribution >= 0.6 is 0 Å². The second-order valence-electron chi connectivity index (χ2n) is 15.0. The third kappa shape index (κ3) is 10.4. The molecule has 19 heteroatoms. The van der Waals surface area contributed by atoms with Gasteiger partial charge in [-0.2, -0.15) is 4.31 Å². The average Bonchev–Trinajstić information content (AvgIpc) is 3.68. The predicted molar refractivity (Wildman–Crippen MR) is 222 cm³/mol. The number of carbonyl (C=O) groups is 1. The van der Waals surface area contributed by atoms with Crippen molar-refractivity contribution in [2.75, 3.05) is 39.3 Å². The van der Waals surface area contributed by atoms with Gasteiger partial charge in [-0.05, 0) is 103 Å². The van der Waals surface area contributed by atoms with Crippen LogP contribution in [-0.2, 0) is 45.5 Å². The third-order valence-electron chi connectivity index (χ3n) is 9.75. The van der Waals surface area contributed by atoms with Crippen molar-refractivity contribution in [1.29, 1.82) is 0 Å². The number of tetrazole rings is 1. The second-order valence-corrected chi connectivity index (χ2v) is 17.8. The molecule has 1 aromatic heterocycles. The fourth-order valence-electron chi connectivity index (χ4n) is 6.79. The number of alkyl carbamates (subject to hydrolysis) is 1. The molecule has 1 fully saturated rings. The summed E-state index contributed by atoms with van der Waals surface area (Å²) in [7, 11) is -0.194. The molecule has 1 amide bonds. The lowest BCUT2D eigenvalue weighted by Gasteiger charge is -2.38. The van der Waals surface area contributed by atoms with Gasteiger partial charge in [0.25, 0.3) is 0 Å². The highest BCUT2D eigenvalue weighted by Gasteiger charge is 2.39. The molecule has 1 saturated heterocycles. The molecular formula is C41H48FN7O9S2. The Labute approximate surface area is 350 Å². The first kappa shape index (κ1) is 43.9. The van der Waals surface area contributed by atoms with E-state index in [0.717, 1.165) is 5.56 Å².